The van der Waals surface area contributed by atoms with E-state index in [9.17, 15) is 30.8 Å². The van der Waals surface area contributed by atoms with E-state index in [4.69, 9.17) is 11.6 Å². The Bertz CT molecular complexity index is 958. The minimum absolute atomic E-state index is 0.0485. The zero-order valence-electron chi connectivity index (χ0n) is 13.2. The Morgan fingerprint density at radius 1 is 1.15 bits per heavy atom. The van der Waals surface area contributed by atoms with Crippen molar-refractivity contribution in [1.29, 1.82) is 0 Å². The summed E-state index contributed by atoms with van der Waals surface area (Å²) < 4.78 is 78.9. The third kappa shape index (κ3) is 4.34. The van der Waals surface area contributed by atoms with Crippen molar-refractivity contribution in [2.75, 3.05) is 4.72 Å². The number of carbonyl (C=O) groups excluding carboxylic acids is 1. The highest BCUT2D eigenvalue weighted by Crippen LogP contribution is 2.36. The van der Waals surface area contributed by atoms with Crippen LogP contribution in [-0.2, 0) is 16.2 Å². The molecule has 2 aromatic rings. The van der Waals surface area contributed by atoms with Crippen LogP contribution in [0.25, 0.3) is 0 Å². The molecule has 1 N–H and O–H groups in total. The van der Waals surface area contributed by atoms with Crippen molar-refractivity contribution in [3.8, 4) is 0 Å². The zero-order valence-corrected chi connectivity index (χ0v) is 14.8. The molecule has 26 heavy (non-hydrogen) atoms. The van der Waals surface area contributed by atoms with E-state index >= 15 is 0 Å². The molecule has 0 unspecified atom stereocenters. The summed E-state index contributed by atoms with van der Waals surface area (Å²) in [4.78, 5) is 11.2. The maximum Gasteiger partial charge on any atom is 0.418 e. The third-order valence-electron chi connectivity index (χ3n) is 3.40. The molecular formula is C16H12ClF4NO3S. The fourth-order valence-electron chi connectivity index (χ4n) is 2.13. The highest BCUT2D eigenvalue weighted by molar-refractivity contribution is 7.92. The smallest absolute Gasteiger partial charge is 0.294 e. The van der Waals surface area contributed by atoms with Gasteiger partial charge in [-0.1, -0.05) is 18.5 Å². The van der Waals surface area contributed by atoms with E-state index in [1.165, 1.54) is 6.07 Å². The van der Waals surface area contributed by atoms with Crippen LogP contribution in [0.2, 0.25) is 5.02 Å². The van der Waals surface area contributed by atoms with Crippen LogP contribution >= 0.6 is 11.6 Å². The first kappa shape index (κ1) is 20.2. The molecule has 0 aromatic heterocycles. The van der Waals surface area contributed by atoms with Crippen molar-refractivity contribution in [1.82, 2.24) is 0 Å². The molecule has 10 heteroatoms. The number of sulfonamides is 1. The average Bonchev–Trinajstić information content (AvgIpc) is 2.55. The van der Waals surface area contributed by atoms with E-state index in [2.05, 4.69) is 0 Å². The largest absolute Gasteiger partial charge is 0.418 e. The van der Waals surface area contributed by atoms with Crippen LogP contribution in [-0.4, -0.2) is 14.2 Å². The molecule has 0 radical (unpaired) electrons. The van der Waals surface area contributed by atoms with E-state index < -0.39 is 38.2 Å². The second-order valence-electron chi connectivity index (χ2n) is 5.22. The van der Waals surface area contributed by atoms with Crippen LogP contribution < -0.4 is 4.72 Å². The predicted molar refractivity (Wildman–Crippen MR) is 88.3 cm³/mol. The number of anilines is 1. The molecule has 0 spiro atoms. The number of carbonyl (C=O) groups is 1. The summed E-state index contributed by atoms with van der Waals surface area (Å²) in [6, 6.07) is 4.97. The van der Waals surface area contributed by atoms with Gasteiger partial charge in [0.25, 0.3) is 10.0 Å². The maximum atomic E-state index is 13.1. The lowest BCUT2D eigenvalue weighted by atomic mass is 10.1. The van der Waals surface area contributed by atoms with Crippen molar-refractivity contribution >= 4 is 33.1 Å². The van der Waals surface area contributed by atoms with Gasteiger partial charge in [0.2, 0.25) is 0 Å². The van der Waals surface area contributed by atoms with Gasteiger partial charge in [-0.3, -0.25) is 9.52 Å². The summed E-state index contributed by atoms with van der Waals surface area (Å²) in [5, 5.41) is -0.277. The molecule has 2 aromatic carbocycles. The normalized spacial score (nSPS) is 12.1. The van der Waals surface area contributed by atoms with Gasteiger partial charge in [0.05, 0.1) is 16.3 Å². The molecule has 0 amide bonds. The van der Waals surface area contributed by atoms with Crippen molar-refractivity contribution in [2.45, 2.75) is 24.4 Å². The standard InChI is InChI=1S/C16H12ClF4NO3S/c1-2-14(23)9-3-5-12(17)15(7-9)26(24,25)22-13-6-4-10(18)8-11(13)16(19,20)21/h3-8,22H,2H2,1H3. The van der Waals surface area contributed by atoms with Gasteiger partial charge in [0.15, 0.2) is 5.78 Å². The lowest BCUT2D eigenvalue weighted by Gasteiger charge is -2.16. The molecular weight excluding hydrogens is 398 g/mol. The average molecular weight is 410 g/mol. The monoisotopic (exact) mass is 409 g/mol. The highest BCUT2D eigenvalue weighted by Gasteiger charge is 2.35. The van der Waals surface area contributed by atoms with E-state index in [1.54, 1.807) is 11.6 Å². The molecule has 0 saturated carbocycles. The molecule has 0 aliphatic rings. The Kier molecular flexibility index (Phi) is 5.62. The second kappa shape index (κ2) is 7.24. The molecule has 2 rings (SSSR count). The fourth-order valence-corrected chi connectivity index (χ4v) is 3.73. The number of halogens is 5. The van der Waals surface area contributed by atoms with Gasteiger partial charge >= 0.3 is 6.18 Å². The SMILES string of the molecule is CCC(=O)c1ccc(Cl)c(S(=O)(=O)Nc2ccc(F)cc2C(F)(F)F)c1. The van der Waals surface area contributed by atoms with Crippen LogP contribution in [0.3, 0.4) is 0 Å². The summed E-state index contributed by atoms with van der Waals surface area (Å²) in [5.74, 6) is -1.54. The molecule has 0 aliphatic carbocycles. The van der Waals surface area contributed by atoms with E-state index in [-0.39, 0.29) is 28.9 Å². The van der Waals surface area contributed by atoms with Crippen molar-refractivity contribution in [3.63, 3.8) is 0 Å². The van der Waals surface area contributed by atoms with Crippen LogP contribution in [0.4, 0.5) is 23.2 Å². The Hall–Kier alpha value is -2.13. The number of hydrogen-bond donors (Lipinski definition) is 1. The van der Waals surface area contributed by atoms with Crippen molar-refractivity contribution in [3.05, 3.63) is 58.4 Å². The lowest BCUT2D eigenvalue weighted by Crippen LogP contribution is -2.18. The van der Waals surface area contributed by atoms with Gasteiger partial charge in [-0.15, -0.1) is 0 Å². The summed E-state index contributed by atoms with van der Waals surface area (Å²) in [6.07, 6.45) is -4.88. The summed E-state index contributed by atoms with van der Waals surface area (Å²) in [6.45, 7) is 1.57. The van der Waals surface area contributed by atoms with Gasteiger partial charge in [0, 0.05) is 12.0 Å². The zero-order chi connectivity index (χ0) is 19.7. The van der Waals surface area contributed by atoms with Gasteiger partial charge in [-0.05, 0) is 36.4 Å². The Morgan fingerprint density at radius 3 is 2.38 bits per heavy atom. The highest BCUT2D eigenvalue weighted by atomic mass is 35.5. The summed E-state index contributed by atoms with van der Waals surface area (Å²) >= 11 is 5.84. The Balaban J connectivity index is 2.53. The van der Waals surface area contributed by atoms with E-state index in [1.807, 2.05) is 0 Å². The Labute approximate surface area is 151 Å². The van der Waals surface area contributed by atoms with Gasteiger partial charge in [-0.2, -0.15) is 13.2 Å². The maximum absolute atomic E-state index is 13.1. The van der Waals surface area contributed by atoms with Gasteiger partial charge in [-0.25, -0.2) is 12.8 Å². The van der Waals surface area contributed by atoms with E-state index in [0.29, 0.717) is 12.1 Å². The lowest BCUT2D eigenvalue weighted by molar-refractivity contribution is -0.137. The van der Waals surface area contributed by atoms with Crippen molar-refractivity contribution in [2.24, 2.45) is 0 Å². The van der Waals surface area contributed by atoms with Crippen LogP contribution in [0, 0.1) is 5.82 Å². The summed E-state index contributed by atoms with van der Waals surface area (Å²) in [7, 11) is -4.56. The first-order valence-corrected chi connectivity index (χ1v) is 9.04. The first-order chi connectivity index (χ1) is 12.0. The number of hydrogen-bond acceptors (Lipinski definition) is 3. The number of Topliss-reactive ketones (excluding diaryl/α,β-unsaturated/α-hetero) is 1. The first-order valence-electron chi connectivity index (χ1n) is 7.18. The van der Waals surface area contributed by atoms with Crippen LogP contribution in [0.1, 0.15) is 29.3 Å². The molecule has 0 bridgehead atoms. The molecule has 0 saturated heterocycles. The van der Waals surface area contributed by atoms with Gasteiger partial charge < -0.3 is 0 Å². The molecule has 0 atom stereocenters. The third-order valence-corrected chi connectivity index (χ3v) is 5.24. The van der Waals surface area contributed by atoms with Gasteiger partial charge in [0.1, 0.15) is 10.7 Å². The molecule has 0 fully saturated rings. The predicted octanol–water partition coefficient (Wildman–Crippen LogP) is 4.89. The van der Waals surface area contributed by atoms with Crippen LogP contribution in [0.5, 0.6) is 0 Å². The second-order valence-corrected chi connectivity index (χ2v) is 7.27. The number of alkyl halides is 3. The van der Waals surface area contributed by atoms with Crippen molar-refractivity contribution < 1.29 is 30.8 Å². The topological polar surface area (TPSA) is 63.2 Å². The number of benzene rings is 2. The minimum atomic E-state index is -4.98. The number of nitrogens with one attached hydrogen (secondary N) is 1. The molecule has 4 nitrogen and oxygen atoms in total. The van der Waals surface area contributed by atoms with Crippen LogP contribution in [0.15, 0.2) is 41.3 Å². The quantitative estimate of drug-likeness (QED) is 0.565. The molecule has 0 heterocycles. The summed E-state index contributed by atoms with van der Waals surface area (Å²) in [5.41, 5.74) is -2.30. The number of ketones is 1. The fraction of sp³-hybridized carbons (Fsp3) is 0.188. The molecule has 140 valence electrons. The Morgan fingerprint density at radius 2 is 1.81 bits per heavy atom. The van der Waals surface area contributed by atoms with E-state index in [0.717, 1.165) is 12.1 Å². The minimum Gasteiger partial charge on any atom is -0.294 e. The number of rotatable bonds is 5. The molecule has 0 aliphatic heterocycles.